The zero-order valence-corrected chi connectivity index (χ0v) is 22.3. The van der Waals surface area contributed by atoms with Crippen molar-refractivity contribution in [3.8, 4) is 0 Å². The lowest BCUT2D eigenvalue weighted by Gasteiger charge is -2.39. The minimum atomic E-state index is -3.72. The number of sulfone groups is 1. The highest BCUT2D eigenvalue weighted by atomic mass is 32.2. The van der Waals surface area contributed by atoms with Gasteiger partial charge in [-0.05, 0) is 51.2 Å². The average molecular weight is 543 g/mol. The predicted octanol–water partition coefficient (Wildman–Crippen LogP) is 0.528. The molecule has 0 spiro atoms. The fraction of sp³-hybridized carbons (Fsp3) is 0.625. The van der Waals surface area contributed by atoms with Crippen LogP contribution in [0, 0.1) is 0 Å². The highest BCUT2D eigenvalue weighted by molar-refractivity contribution is 7.91. The van der Waals surface area contributed by atoms with Gasteiger partial charge in [0.05, 0.1) is 23.7 Å². The third kappa shape index (κ3) is 8.38. The van der Waals surface area contributed by atoms with Crippen LogP contribution in [0.4, 0.5) is 4.79 Å². The maximum Gasteiger partial charge on any atom is 0.441 e. The maximum absolute atomic E-state index is 13.6. The van der Waals surface area contributed by atoms with E-state index < -0.39 is 34.0 Å². The standard InChI is InChI=1S/C24H36N4O7S.H2O/c1-3-25(4-2)15-16-28-24(31)27(17-18-36(32,33)20-11-7-5-8-12-20)21(34-22(29)23(30)35-28)19-26-13-9-6-10-14-26;/h5,7-8,11-12,21H,3-4,6,9-10,13-19H2,1-2H3;1H2. The van der Waals surface area contributed by atoms with Crippen LogP contribution in [0.1, 0.15) is 33.1 Å². The minimum absolute atomic E-state index is 0. The van der Waals surface area contributed by atoms with Crippen LogP contribution in [0.15, 0.2) is 35.2 Å². The second kappa shape index (κ2) is 14.3. The topological polar surface area (TPSA) is 148 Å². The van der Waals surface area contributed by atoms with Gasteiger partial charge in [-0.3, -0.25) is 9.80 Å². The van der Waals surface area contributed by atoms with Crippen molar-refractivity contribution in [2.45, 2.75) is 44.2 Å². The Hall–Kier alpha value is -2.74. The van der Waals surface area contributed by atoms with Crippen molar-refractivity contribution >= 4 is 27.8 Å². The van der Waals surface area contributed by atoms with Gasteiger partial charge in [-0.2, -0.15) is 5.06 Å². The fourth-order valence-corrected chi connectivity index (χ4v) is 5.54. The molecule has 1 aromatic rings. The van der Waals surface area contributed by atoms with E-state index in [1.165, 1.54) is 17.0 Å². The van der Waals surface area contributed by atoms with E-state index in [2.05, 4.69) is 4.90 Å². The Labute approximate surface area is 218 Å². The molecule has 1 aromatic carbocycles. The molecule has 0 aromatic heterocycles. The third-order valence-electron chi connectivity index (χ3n) is 6.49. The van der Waals surface area contributed by atoms with Crippen LogP contribution in [-0.4, -0.2) is 116 Å². The van der Waals surface area contributed by atoms with E-state index in [9.17, 15) is 22.8 Å². The number of carbonyl (C=O) groups is 3. The number of nitrogens with zero attached hydrogens (tertiary/aromatic N) is 4. The SMILES string of the molecule is CCN(CC)CCN1OC(=O)C(=O)OC(CN2CCCCC2)N(CCS(=O)(=O)c2ccccc2)C1=O.O. The van der Waals surface area contributed by atoms with Gasteiger partial charge >= 0.3 is 18.0 Å². The highest BCUT2D eigenvalue weighted by Crippen LogP contribution is 2.18. The summed E-state index contributed by atoms with van der Waals surface area (Å²) in [5.74, 6) is -2.87. The van der Waals surface area contributed by atoms with Crippen molar-refractivity contribution in [3.05, 3.63) is 30.3 Å². The van der Waals surface area contributed by atoms with Crippen molar-refractivity contribution in [2.24, 2.45) is 0 Å². The van der Waals surface area contributed by atoms with Crippen LogP contribution in [0.2, 0.25) is 0 Å². The number of piperidine rings is 1. The van der Waals surface area contributed by atoms with Crippen molar-refractivity contribution in [1.82, 2.24) is 19.8 Å². The van der Waals surface area contributed by atoms with E-state index in [1.807, 2.05) is 18.7 Å². The zero-order valence-electron chi connectivity index (χ0n) is 21.5. The predicted molar refractivity (Wildman–Crippen MR) is 135 cm³/mol. The fourth-order valence-electron chi connectivity index (χ4n) is 4.29. The van der Waals surface area contributed by atoms with Crippen LogP contribution in [-0.2, 0) is 29.0 Å². The number of hydrogen-bond donors (Lipinski definition) is 0. The molecule has 3 rings (SSSR count). The summed E-state index contributed by atoms with van der Waals surface area (Å²) in [5, 5.41) is 0.847. The zero-order chi connectivity index (χ0) is 26.1. The van der Waals surface area contributed by atoms with Crippen molar-refractivity contribution in [2.75, 3.05) is 58.1 Å². The molecule has 13 heteroatoms. The van der Waals surface area contributed by atoms with E-state index in [0.717, 1.165) is 50.5 Å². The van der Waals surface area contributed by atoms with Crippen molar-refractivity contribution in [3.63, 3.8) is 0 Å². The number of hydroxylamine groups is 2. The largest absolute Gasteiger partial charge is 0.441 e. The minimum Gasteiger partial charge on any atom is -0.432 e. The van der Waals surface area contributed by atoms with Crippen LogP contribution < -0.4 is 0 Å². The Morgan fingerprint density at radius 3 is 2.22 bits per heavy atom. The number of rotatable bonds is 11. The highest BCUT2D eigenvalue weighted by Gasteiger charge is 2.40. The number of likely N-dealkylation sites (tertiary alicyclic amines) is 1. The summed E-state index contributed by atoms with van der Waals surface area (Å²) < 4.78 is 31.3. The maximum atomic E-state index is 13.6. The smallest absolute Gasteiger partial charge is 0.432 e. The van der Waals surface area contributed by atoms with Gasteiger partial charge in [-0.25, -0.2) is 22.8 Å². The second-order valence-electron chi connectivity index (χ2n) is 8.84. The first-order chi connectivity index (χ1) is 17.2. The molecular weight excluding hydrogens is 504 g/mol. The van der Waals surface area contributed by atoms with Gasteiger partial charge in [0.15, 0.2) is 16.1 Å². The lowest BCUT2D eigenvalue weighted by molar-refractivity contribution is -0.206. The number of amides is 2. The molecule has 12 nitrogen and oxygen atoms in total. The van der Waals surface area contributed by atoms with Gasteiger partial charge in [-0.1, -0.05) is 38.5 Å². The molecule has 2 saturated heterocycles. The first kappa shape index (κ1) is 30.5. The molecule has 2 amide bonds. The monoisotopic (exact) mass is 542 g/mol. The molecule has 1 atom stereocenters. The summed E-state index contributed by atoms with van der Waals surface area (Å²) in [4.78, 5) is 48.9. The van der Waals surface area contributed by atoms with Gasteiger partial charge < -0.3 is 20.0 Å². The van der Waals surface area contributed by atoms with Crippen molar-refractivity contribution < 1.29 is 37.9 Å². The molecule has 2 fully saturated rings. The quantitative estimate of drug-likeness (QED) is 0.288. The number of benzene rings is 1. The van der Waals surface area contributed by atoms with E-state index in [4.69, 9.17) is 9.57 Å². The van der Waals surface area contributed by atoms with Gasteiger partial charge in [0, 0.05) is 13.1 Å². The summed E-state index contributed by atoms with van der Waals surface area (Å²) in [6.45, 7) is 7.29. The van der Waals surface area contributed by atoms with Gasteiger partial charge in [0.1, 0.15) is 0 Å². The van der Waals surface area contributed by atoms with E-state index in [0.29, 0.717) is 6.54 Å². The molecule has 0 saturated carbocycles. The average Bonchev–Trinajstić information content (AvgIpc) is 2.88. The number of cyclic esters (lactones) is 1. The summed E-state index contributed by atoms with van der Waals surface area (Å²) in [5.41, 5.74) is 0. The second-order valence-corrected chi connectivity index (χ2v) is 10.9. The Morgan fingerprint density at radius 1 is 0.946 bits per heavy atom. The lowest BCUT2D eigenvalue weighted by atomic mass is 10.1. The molecule has 0 aliphatic carbocycles. The molecule has 2 aliphatic heterocycles. The Balaban J connectivity index is 0.00000481. The number of likely N-dealkylation sites (N-methyl/N-ethyl adjacent to an activating group) is 1. The third-order valence-corrected chi connectivity index (χ3v) is 8.20. The molecule has 2 aliphatic rings. The first-order valence-electron chi connectivity index (χ1n) is 12.5. The molecule has 2 N–H and O–H groups in total. The number of urea groups is 1. The van der Waals surface area contributed by atoms with Gasteiger partial charge in [-0.15, -0.1) is 0 Å². The van der Waals surface area contributed by atoms with Crippen molar-refractivity contribution in [1.29, 1.82) is 0 Å². The molecule has 0 radical (unpaired) electrons. The molecular formula is C24H38N4O8S. The normalized spacial score (nSPS) is 19.6. The molecule has 1 unspecified atom stereocenters. The number of esters is 1. The molecule has 2 heterocycles. The summed E-state index contributed by atoms with van der Waals surface area (Å²) >= 11 is 0. The van der Waals surface area contributed by atoms with Crippen LogP contribution in [0.3, 0.4) is 0 Å². The van der Waals surface area contributed by atoms with Crippen LogP contribution in [0.25, 0.3) is 0 Å². The van der Waals surface area contributed by atoms with Crippen LogP contribution in [0.5, 0.6) is 0 Å². The number of carbonyl (C=O) groups excluding carboxylic acids is 3. The first-order valence-corrected chi connectivity index (χ1v) is 14.1. The Bertz CT molecular complexity index is 997. The summed E-state index contributed by atoms with van der Waals surface area (Å²) in [7, 11) is -3.72. The summed E-state index contributed by atoms with van der Waals surface area (Å²) in [6, 6.07) is 7.25. The number of hydrogen-bond acceptors (Lipinski definition) is 9. The molecule has 0 bridgehead atoms. The van der Waals surface area contributed by atoms with Gasteiger partial charge in [0.2, 0.25) is 0 Å². The van der Waals surface area contributed by atoms with E-state index >= 15 is 0 Å². The van der Waals surface area contributed by atoms with Crippen LogP contribution >= 0.6 is 0 Å². The summed E-state index contributed by atoms with van der Waals surface area (Å²) in [6.07, 6.45) is 1.90. The Kier molecular flexibility index (Phi) is 11.8. The van der Waals surface area contributed by atoms with E-state index in [-0.39, 0.29) is 35.8 Å². The van der Waals surface area contributed by atoms with E-state index in [1.54, 1.807) is 18.2 Å². The number of ether oxygens (including phenoxy) is 1. The molecule has 208 valence electrons. The van der Waals surface area contributed by atoms with Gasteiger partial charge in [0.25, 0.3) is 0 Å². The lowest BCUT2D eigenvalue weighted by Crippen LogP contribution is -2.58. The molecule has 37 heavy (non-hydrogen) atoms. The Morgan fingerprint density at radius 2 is 1.59 bits per heavy atom.